The molecule has 0 N–H and O–H groups in total. The molecule has 3 aromatic carbocycles. The Morgan fingerprint density at radius 3 is 2.58 bits per heavy atom. The molecule has 0 spiro atoms. The summed E-state index contributed by atoms with van der Waals surface area (Å²) < 4.78 is 17.6. The second kappa shape index (κ2) is 9.59. The lowest BCUT2D eigenvalue weighted by Gasteiger charge is -2.23. The molecule has 0 radical (unpaired) electrons. The van der Waals surface area contributed by atoms with E-state index in [4.69, 9.17) is 25.5 Å². The molecule has 1 aliphatic rings. The second-order valence-corrected chi connectivity index (χ2v) is 10.3. The molecular weight excluding hydrogens is 526 g/mol. The number of halogens is 1. The van der Waals surface area contributed by atoms with Crippen molar-refractivity contribution in [2.24, 2.45) is 0 Å². The largest absolute Gasteiger partial charge is 0.493 e. The summed E-state index contributed by atoms with van der Waals surface area (Å²) in [6.45, 7) is 2.15. The van der Waals surface area contributed by atoms with E-state index in [9.17, 15) is 9.59 Å². The molecule has 2 aromatic heterocycles. The molecule has 8 nitrogen and oxygen atoms in total. The zero-order chi connectivity index (χ0) is 26.4. The molecule has 0 bridgehead atoms. The molecule has 38 heavy (non-hydrogen) atoms. The lowest BCUT2D eigenvalue weighted by atomic mass is 9.98. The van der Waals surface area contributed by atoms with Crippen LogP contribution in [-0.4, -0.2) is 23.2 Å². The highest BCUT2D eigenvalue weighted by Gasteiger charge is 2.45. The Labute approximate surface area is 226 Å². The summed E-state index contributed by atoms with van der Waals surface area (Å²) in [6.07, 6.45) is 0. The number of ether oxygens (including phenoxy) is 2. The minimum atomic E-state index is -0.818. The summed E-state index contributed by atoms with van der Waals surface area (Å²) in [5.74, 6) is 0.478. The minimum Gasteiger partial charge on any atom is -0.493 e. The van der Waals surface area contributed by atoms with Crippen LogP contribution in [0.4, 0.5) is 5.13 Å². The number of fused-ring (bicyclic) bond motifs is 2. The summed E-state index contributed by atoms with van der Waals surface area (Å²) in [6, 6.07) is 19.0. The Balaban J connectivity index is 1.49. The molecule has 6 rings (SSSR count). The van der Waals surface area contributed by atoms with Crippen LogP contribution in [-0.2, 0) is 6.61 Å². The van der Waals surface area contributed by atoms with Gasteiger partial charge < -0.3 is 13.9 Å². The maximum absolute atomic E-state index is 13.8. The van der Waals surface area contributed by atoms with Crippen molar-refractivity contribution in [1.82, 2.24) is 10.2 Å². The van der Waals surface area contributed by atoms with Crippen LogP contribution in [0, 0.1) is 6.92 Å². The molecule has 0 fully saturated rings. The summed E-state index contributed by atoms with van der Waals surface area (Å²) in [7, 11) is 1.54. The third kappa shape index (κ3) is 4.09. The third-order valence-electron chi connectivity index (χ3n) is 6.29. The van der Waals surface area contributed by atoms with Gasteiger partial charge in [-0.3, -0.25) is 14.5 Å². The second-order valence-electron chi connectivity index (χ2n) is 8.68. The number of hydrogen-bond donors (Lipinski definition) is 0. The average Bonchev–Trinajstić information content (AvgIpc) is 3.49. The van der Waals surface area contributed by atoms with Crippen LogP contribution in [0.3, 0.4) is 0 Å². The SMILES string of the molecule is COc1cc([C@H]2c3c(oc4ccc(Cl)cc4c3=O)C(=O)N2c2nnc(C)s2)ccc1OCc1ccccc1. The number of carbonyl (C=O) groups is 1. The Bertz CT molecular complexity index is 1750. The topological polar surface area (TPSA) is 94.8 Å². The van der Waals surface area contributed by atoms with Gasteiger partial charge >= 0.3 is 0 Å². The third-order valence-corrected chi connectivity index (χ3v) is 7.37. The number of aromatic nitrogens is 2. The fourth-order valence-electron chi connectivity index (χ4n) is 4.55. The van der Waals surface area contributed by atoms with Gasteiger partial charge in [0.2, 0.25) is 10.9 Å². The van der Waals surface area contributed by atoms with E-state index in [1.807, 2.05) is 30.3 Å². The standard InChI is InChI=1S/C28H20ClN3O5S/c1-15-30-31-28(38-15)32-24(23-25(33)19-13-18(29)9-11-20(19)37-26(23)27(32)34)17-8-10-21(22(12-17)35-2)36-14-16-6-4-3-5-7-16/h3-13,24H,14H2,1-2H3/t24-/m0/s1. The maximum atomic E-state index is 13.8. The van der Waals surface area contributed by atoms with Gasteiger partial charge in [0.05, 0.1) is 24.1 Å². The van der Waals surface area contributed by atoms with E-state index < -0.39 is 11.9 Å². The first-order valence-corrected chi connectivity index (χ1v) is 12.9. The number of anilines is 1. The number of hydrogen-bond acceptors (Lipinski definition) is 8. The zero-order valence-corrected chi connectivity index (χ0v) is 21.9. The van der Waals surface area contributed by atoms with Crippen LogP contribution < -0.4 is 19.8 Å². The van der Waals surface area contributed by atoms with Crippen molar-refractivity contribution in [3.63, 3.8) is 0 Å². The fourth-order valence-corrected chi connectivity index (χ4v) is 5.44. The Hall–Kier alpha value is -4.21. The lowest BCUT2D eigenvalue weighted by Crippen LogP contribution is -2.29. The van der Waals surface area contributed by atoms with Crippen LogP contribution in [0.2, 0.25) is 5.02 Å². The maximum Gasteiger partial charge on any atom is 0.297 e. The number of nitrogens with zero attached hydrogens (tertiary/aromatic N) is 3. The van der Waals surface area contributed by atoms with Crippen molar-refractivity contribution in [3.05, 3.63) is 109 Å². The molecule has 1 amide bonds. The molecule has 10 heteroatoms. The summed E-state index contributed by atoms with van der Waals surface area (Å²) in [5, 5.41) is 10.00. The molecule has 5 aromatic rings. The van der Waals surface area contributed by atoms with Crippen LogP contribution in [0.1, 0.15) is 38.3 Å². The van der Waals surface area contributed by atoms with E-state index in [2.05, 4.69) is 10.2 Å². The van der Waals surface area contributed by atoms with Crippen molar-refractivity contribution < 1.29 is 18.7 Å². The summed E-state index contributed by atoms with van der Waals surface area (Å²) >= 11 is 7.43. The van der Waals surface area contributed by atoms with Crippen molar-refractivity contribution in [2.45, 2.75) is 19.6 Å². The fraction of sp³-hybridized carbons (Fsp3) is 0.143. The van der Waals surface area contributed by atoms with Gasteiger partial charge in [-0.15, -0.1) is 10.2 Å². The van der Waals surface area contributed by atoms with Crippen LogP contribution in [0.25, 0.3) is 11.0 Å². The van der Waals surface area contributed by atoms with Crippen LogP contribution >= 0.6 is 22.9 Å². The number of methoxy groups -OCH3 is 1. The van der Waals surface area contributed by atoms with Gasteiger partial charge in [0.1, 0.15) is 17.2 Å². The van der Waals surface area contributed by atoms with Crippen LogP contribution in [0.15, 0.2) is 75.9 Å². The van der Waals surface area contributed by atoms with Gasteiger partial charge in [-0.1, -0.05) is 59.3 Å². The van der Waals surface area contributed by atoms with E-state index in [1.165, 1.54) is 23.3 Å². The van der Waals surface area contributed by atoms with Gasteiger partial charge in [0, 0.05) is 5.02 Å². The smallest absolute Gasteiger partial charge is 0.297 e. The molecule has 0 saturated carbocycles. The van der Waals surface area contributed by atoms with Crippen LogP contribution in [0.5, 0.6) is 11.5 Å². The highest BCUT2D eigenvalue weighted by molar-refractivity contribution is 7.15. The van der Waals surface area contributed by atoms with Crippen molar-refractivity contribution in [3.8, 4) is 11.5 Å². The van der Waals surface area contributed by atoms with Crippen molar-refractivity contribution in [2.75, 3.05) is 12.0 Å². The first-order valence-electron chi connectivity index (χ1n) is 11.7. The number of rotatable bonds is 6. The van der Waals surface area contributed by atoms with Gasteiger partial charge in [0.15, 0.2) is 16.9 Å². The highest BCUT2D eigenvalue weighted by Crippen LogP contribution is 2.44. The van der Waals surface area contributed by atoms with Gasteiger partial charge in [-0.25, -0.2) is 0 Å². The van der Waals surface area contributed by atoms with Gasteiger partial charge in [-0.2, -0.15) is 0 Å². The quantitative estimate of drug-likeness (QED) is 0.260. The van der Waals surface area contributed by atoms with Gasteiger partial charge in [-0.05, 0) is 48.4 Å². The summed E-state index contributed by atoms with van der Waals surface area (Å²) in [5.41, 5.74) is 1.78. The normalized spacial score (nSPS) is 14.7. The average molecular weight is 546 g/mol. The van der Waals surface area contributed by atoms with Crippen molar-refractivity contribution >= 4 is 44.9 Å². The number of amides is 1. The minimum absolute atomic E-state index is 0.0361. The molecule has 3 heterocycles. The van der Waals surface area contributed by atoms with E-state index in [0.717, 1.165) is 5.56 Å². The van der Waals surface area contributed by atoms with Gasteiger partial charge in [0.25, 0.3) is 5.91 Å². The Morgan fingerprint density at radius 1 is 1.03 bits per heavy atom. The summed E-state index contributed by atoms with van der Waals surface area (Å²) in [4.78, 5) is 28.9. The first-order chi connectivity index (χ1) is 18.4. The van der Waals surface area contributed by atoms with E-state index >= 15 is 0 Å². The Kier molecular flexibility index (Phi) is 6.09. The molecule has 1 atom stereocenters. The zero-order valence-electron chi connectivity index (χ0n) is 20.3. The van der Waals surface area contributed by atoms with Crippen molar-refractivity contribution in [1.29, 1.82) is 0 Å². The molecule has 1 aliphatic heterocycles. The molecular formula is C28H20ClN3O5S. The molecule has 190 valence electrons. The lowest BCUT2D eigenvalue weighted by molar-refractivity contribution is 0.0970. The number of benzene rings is 3. The molecule has 0 aliphatic carbocycles. The number of carbonyl (C=O) groups excluding carboxylic acids is 1. The first kappa shape index (κ1) is 24.1. The predicted octanol–water partition coefficient (Wildman–Crippen LogP) is 5.94. The monoisotopic (exact) mass is 545 g/mol. The Morgan fingerprint density at radius 2 is 1.84 bits per heavy atom. The predicted molar refractivity (Wildman–Crippen MR) is 145 cm³/mol. The molecule has 0 saturated heterocycles. The number of aryl methyl sites for hydroxylation is 1. The highest BCUT2D eigenvalue weighted by atomic mass is 35.5. The molecule has 0 unspecified atom stereocenters. The van der Waals surface area contributed by atoms with E-state index in [0.29, 0.717) is 44.2 Å². The van der Waals surface area contributed by atoms with E-state index in [1.54, 1.807) is 43.3 Å². The van der Waals surface area contributed by atoms with E-state index in [-0.39, 0.29) is 22.3 Å².